The summed E-state index contributed by atoms with van der Waals surface area (Å²) < 4.78 is 4.89. The smallest absolute Gasteiger partial charge is 0.252 e. The minimum atomic E-state index is -0.139. The summed E-state index contributed by atoms with van der Waals surface area (Å²) in [5.41, 5.74) is 0.637. The van der Waals surface area contributed by atoms with Gasteiger partial charge in [0.2, 0.25) is 5.91 Å². The highest BCUT2D eigenvalue weighted by molar-refractivity contribution is 7.08. The second kappa shape index (κ2) is 12.6. The van der Waals surface area contributed by atoms with Crippen LogP contribution in [0.1, 0.15) is 16.8 Å². The van der Waals surface area contributed by atoms with Crippen molar-refractivity contribution in [2.75, 3.05) is 39.9 Å². The van der Waals surface area contributed by atoms with E-state index in [1.54, 1.807) is 18.6 Å². The standard InChI is InChI=1S/C13H21N3O3S.ClH/c1-19-8-7-14-5-6-15-12(17)2-4-16-13(18)11-3-9-20-10-11;/h3,9-10,14H,2,4-8H2,1H3,(H,15,17)(H,16,18);1H. The molecule has 120 valence electrons. The molecule has 1 heterocycles. The van der Waals surface area contributed by atoms with E-state index in [-0.39, 0.29) is 30.6 Å². The number of rotatable bonds is 10. The molecule has 0 aliphatic rings. The lowest BCUT2D eigenvalue weighted by Gasteiger charge is -2.07. The van der Waals surface area contributed by atoms with Crippen LogP contribution in [0.4, 0.5) is 0 Å². The number of carbonyl (C=O) groups excluding carboxylic acids is 2. The van der Waals surface area contributed by atoms with E-state index in [9.17, 15) is 9.59 Å². The number of hydrogen-bond acceptors (Lipinski definition) is 5. The summed E-state index contributed by atoms with van der Waals surface area (Å²) in [6.45, 7) is 3.04. The molecule has 0 atom stereocenters. The van der Waals surface area contributed by atoms with E-state index in [1.807, 2.05) is 5.38 Å². The zero-order chi connectivity index (χ0) is 14.6. The predicted molar refractivity (Wildman–Crippen MR) is 86.3 cm³/mol. The first-order valence-corrected chi connectivity index (χ1v) is 7.45. The molecule has 0 radical (unpaired) electrons. The quantitative estimate of drug-likeness (QED) is 0.548. The first-order valence-electron chi connectivity index (χ1n) is 6.51. The maximum absolute atomic E-state index is 11.6. The van der Waals surface area contributed by atoms with Gasteiger partial charge in [-0.1, -0.05) is 0 Å². The van der Waals surface area contributed by atoms with E-state index in [1.165, 1.54) is 11.3 Å². The van der Waals surface area contributed by atoms with Crippen LogP contribution in [-0.2, 0) is 9.53 Å². The van der Waals surface area contributed by atoms with Gasteiger partial charge < -0.3 is 20.7 Å². The lowest BCUT2D eigenvalue weighted by molar-refractivity contribution is -0.120. The Balaban J connectivity index is 0.00000400. The van der Waals surface area contributed by atoms with Gasteiger partial charge in [-0.2, -0.15) is 11.3 Å². The minimum Gasteiger partial charge on any atom is -0.383 e. The van der Waals surface area contributed by atoms with Gasteiger partial charge in [0.25, 0.3) is 5.91 Å². The third-order valence-corrected chi connectivity index (χ3v) is 3.21. The molecule has 0 aliphatic heterocycles. The first-order chi connectivity index (χ1) is 9.74. The van der Waals surface area contributed by atoms with Crippen molar-refractivity contribution >= 4 is 35.6 Å². The number of carbonyl (C=O) groups is 2. The molecule has 3 N–H and O–H groups in total. The molecule has 21 heavy (non-hydrogen) atoms. The topological polar surface area (TPSA) is 79.5 Å². The number of ether oxygens (including phenoxy) is 1. The van der Waals surface area contributed by atoms with Crippen molar-refractivity contribution in [1.82, 2.24) is 16.0 Å². The molecule has 0 aromatic carbocycles. The summed E-state index contributed by atoms with van der Waals surface area (Å²) in [5.74, 6) is -0.204. The summed E-state index contributed by atoms with van der Waals surface area (Å²) in [5, 5.41) is 12.2. The fourth-order valence-corrected chi connectivity index (χ4v) is 2.10. The minimum absolute atomic E-state index is 0. The Labute approximate surface area is 135 Å². The highest BCUT2D eigenvalue weighted by Crippen LogP contribution is 2.04. The van der Waals surface area contributed by atoms with Gasteiger partial charge in [-0.3, -0.25) is 9.59 Å². The first kappa shape index (κ1) is 19.9. The average molecular weight is 336 g/mol. The Morgan fingerprint density at radius 2 is 2.00 bits per heavy atom. The molecular weight excluding hydrogens is 314 g/mol. The molecule has 0 bridgehead atoms. The zero-order valence-electron chi connectivity index (χ0n) is 12.0. The molecule has 8 heteroatoms. The van der Waals surface area contributed by atoms with Crippen LogP contribution in [0.25, 0.3) is 0 Å². The van der Waals surface area contributed by atoms with Crippen molar-refractivity contribution in [1.29, 1.82) is 0 Å². The number of methoxy groups -OCH3 is 1. The average Bonchev–Trinajstić information content (AvgIpc) is 2.96. The van der Waals surface area contributed by atoms with E-state index >= 15 is 0 Å². The van der Waals surface area contributed by atoms with Crippen molar-refractivity contribution < 1.29 is 14.3 Å². The molecule has 0 spiro atoms. The van der Waals surface area contributed by atoms with E-state index in [0.717, 1.165) is 6.54 Å². The third-order valence-electron chi connectivity index (χ3n) is 2.53. The van der Waals surface area contributed by atoms with Crippen molar-refractivity contribution in [2.45, 2.75) is 6.42 Å². The molecule has 0 fully saturated rings. The number of hydrogen-bond donors (Lipinski definition) is 3. The van der Waals surface area contributed by atoms with Crippen molar-refractivity contribution in [3.8, 4) is 0 Å². The van der Waals surface area contributed by atoms with Gasteiger partial charge in [-0.25, -0.2) is 0 Å². The second-order valence-electron chi connectivity index (χ2n) is 4.11. The lowest BCUT2D eigenvalue weighted by atomic mass is 10.3. The summed E-state index contributed by atoms with van der Waals surface area (Å²) >= 11 is 1.47. The number of thiophene rings is 1. The number of amides is 2. The summed E-state index contributed by atoms with van der Waals surface area (Å²) in [6, 6.07) is 1.76. The summed E-state index contributed by atoms with van der Waals surface area (Å²) in [7, 11) is 1.65. The molecular formula is C13H22ClN3O3S. The fourth-order valence-electron chi connectivity index (χ4n) is 1.46. The Morgan fingerprint density at radius 3 is 2.67 bits per heavy atom. The maximum atomic E-state index is 11.6. The van der Waals surface area contributed by atoms with Gasteiger partial charge in [-0.15, -0.1) is 12.4 Å². The van der Waals surface area contributed by atoms with Gasteiger partial charge >= 0.3 is 0 Å². The van der Waals surface area contributed by atoms with Crippen molar-refractivity contribution in [2.24, 2.45) is 0 Å². The van der Waals surface area contributed by atoms with Crippen LogP contribution in [0.5, 0.6) is 0 Å². The highest BCUT2D eigenvalue weighted by atomic mass is 35.5. The van der Waals surface area contributed by atoms with Gasteiger partial charge in [0, 0.05) is 50.7 Å². The van der Waals surface area contributed by atoms with Gasteiger partial charge in [0.15, 0.2) is 0 Å². The van der Waals surface area contributed by atoms with E-state index in [4.69, 9.17) is 4.74 Å². The van der Waals surface area contributed by atoms with Gasteiger partial charge in [-0.05, 0) is 11.4 Å². The van der Waals surface area contributed by atoms with E-state index in [2.05, 4.69) is 16.0 Å². The van der Waals surface area contributed by atoms with Crippen molar-refractivity contribution in [3.05, 3.63) is 22.4 Å². The fraction of sp³-hybridized carbons (Fsp3) is 0.538. The van der Waals surface area contributed by atoms with Crippen LogP contribution in [0.2, 0.25) is 0 Å². The van der Waals surface area contributed by atoms with Crippen LogP contribution in [0.3, 0.4) is 0 Å². The van der Waals surface area contributed by atoms with Gasteiger partial charge in [0.05, 0.1) is 6.61 Å². The van der Waals surface area contributed by atoms with Crippen LogP contribution in [0, 0.1) is 0 Å². The Morgan fingerprint density at radius 1 is 1.19 bits per heavy atom. The molecule has 1 aromatic rings. The van der Waals surface area contributed by atoms with Gasteiger partial charge in [0.1, 0.15) is 0 Å². The SMILES string of the molecule is COCCNCCNC(=O)CCNC(=O)c1ccsc1.Cl. The third kappa shape index (κ3) is 9.41. The van der Waals surface area contributed by atoms with E-state index in [0.29, 0.717) is 31.8 Å². The monoisotopic (exact) mass is 335 g/mol. The summed E-state index contributed by atoms with van der Waals surface area (Å²) in [4.78, 5) is 23.1. The maximum Gasteiger partial charge on any atom is 0.252 e. The Kier molecular flexibility index (Phi) is 11.9. The molecule has 0 saturated heterocycles. The number of nitrogens with one attached hydrogen (secondary N) is 3. The summed E-state index contributed by atoms with van der Waals surface area (Å²) in [6.07, 6.45) is 0.286. The molecule has 1 rings (SSSR count). The van der Waals surface area contributed by atoms with Crippen LogP contribution in [-0.4, -0.2) is 51.7 Å². The Hall–Kier alpha value is -1.15. The molecule has 2 amide bonds. The van der Waals surface area contributed by atoms with Crippen LogP contribution >= 0.6 is 23.7 Å². The molecule has 0 unspecified atom stereocenters. The van der Waals surface area contributed by atoms with E-state index < -0.39 is 0 Å². The lowest BCUT2D eigenvalue weighted by Crippen LogP contribution is -2.35. The highest BCUT2D eigenvalue weighted by Gasteiger charge is 2.06. The zero-order valence-corrected chi connectivity index (χ0v) is 13.6. The van der Waals surface area contributed by atoms with Crippen molar-refractivity contribution in [3.63, 3.8) is 0 Å². The normalized spacial score (nSPS) is 9.76. The van der Waals surface area contributed by atoms with Crippen LogP contribution < -0.4 is 16.0 Å². The molecule has 6 nitrogen and oxygen atoms in total. The Bertz CT molecular complexity index is 401. The van der Waals surface area contributed by atoms with Crippen LogP contribution in [0.15, 0.2) is 16.8 Å². The second-order valence-corrected chi connectivity index (χ2v) is 4.89. The number of halogens is 1. The molecule has 0 aliphatic carbocycles. The molecule has 1 aromatic heterocycles. The largest absolute Gasteiger partial charge is 0.383 e. The predicted octanol–water partition coefficient (Wildman–Crippen LogP) is 0.642. The molecule has 0 saturated carbocycles.